The molecule has 0 bridgehead atoms. The van der Waals surface area contributed by atoms with E-state index in [4.69, 9.17) is 10.7 Å². The summed E-state index contributed by atoms with van der Waals surface area (Å²) in [5, 5.41) is 9.12. The molecule has 3 aromatic carbocycles. The van der Waals surface area contributed by atoms with E-state index in [1.165, 1.54) is 41.2 Å². The van der Waals surface area contributed by atoms with Crippen molar-refractivity contribution in [2.45, 2.75) is 38.3 Å². The SMILES string of the molecule is CC[C@@]12C[C@@H](c3ncc(-c4ccc(-c5ccc6cc(/C(N)=C/NC)ccc6c5)cc4)[nH]3)N[C@@H]1C2. The minimum Gasteiger partial charge on any atom is -0.397 e. The van der Waals surface area contributed by atoms with Crippen LogP contribution in [0.25, 0.3) is 38.9 Å². The number of H-pyrrole nitrogens is 1. The molecule has 1 aliphatic carbocycles. The van der Waals surface area contributed by atoms with Gasteiger partial charge in [-0.3, -0.25) is 0 Å². The van der Waals surface area contributed by atoms with Gasteiger partial charge in [0, 0.05) is 19.3 Å². The lowest BCUT2D eigenvalue weighted by atomic mass is 9.96. The first-order valence-corrected chi connectivity index (χ1v) is 12.2. The molecule has 0 spiro atoms. The quantitative estimate of drug-likeness (QED) is 0.310. The Labute approximate surface area is 200 Å². The maximum Gasteiger partial charge on any atom is 0.123 e. The van der Waals surface area contributed by atoms with Gasteiger partial charge in [0.25, 0.3) is 0 Å². The highest BCUT2D eigenvalue weighted by molar-refractivity contribution is 5.90. The Balaban J connectivity index is 1.21. The summed E-state index contributed by atoms with van der Waals surface area (Å²) < 4.78 is 0. The molecule has 6 rings (SSSR count). The molecule has 5 N–H and O–H groups in total. The molecule has 1 saturated carbocycles. The average Bonchev–Trinajstić information content (AvgIpc) is 3.21. The second-order valence-electron chi connectivity index (χ2n) is 9.82. The van der Waals surface area contributed by atoms with Crippen LogP contribution in [0.1, 0.15) is 43.6 Å². The highest BCUT2D eigenvalue weighted by Crippen LogP contribution is 2.59. The van der Waals surface area contributed by atoms with E-state index in [9.17, 15) is 0 Å². The van der Waals surface area contributed by atoms with Crippen LogP contribution in [0.5, 0.6) is 0 Å². The molecule has 1 saturated heterocycles. The second kappa shape index (κ2) is 8.03. The Morgan fingerprint density at radius 2 is 1.76 bits per heavy atom. The molecule has 0 radical (unpaired) electrons. The van der Waals surface area contributed by atoms with Gasteiger partial charge in [-0.25, -0.2) is 4.98 Å². The second-order valence-corrected chi connectivity index (χ2v) is 9.82. The number of nitrogens with zero attached hydrogens (tertiary/aromatic N) is 1. The summed E-state index contributed by atoms with van der Waals surface area (Å²) in [5.74, 6) is 1.07. The number of nitrogens with two attached hydrogens (primary N) is 1. The smallest absolute Gasteiger partial charge is 0.123 e. The first-order valence-electron chi connectivity index (χ1n) is 12.2. The van der Waals surface area contributed by atoms with Gasteiger partial charge >= 0.3 is 0 Å². The molecule has 1 aromatic heterocycles. The van der Waals surface area contributed by atoms with E-state index in [0.717, 1.165) is 28.3 Å². The lowest BCUT2D eigenvalue weighted by Gasteiger charge is -2.12. The van der Waals surface area contributed by atoms with Crippen molar-refractivity contribution >= 4 is 16.5 Å². The minimum atomic E-state index is 0.355. The highest BCUT2D eigenvalue weighted by Gasteiger charge is 2.59. The molecule has 1 aliphatic heterocycles. The van der Waals surface area contributed by atoms with Gasteiger partial charge in [-0.05, 0) is 69.8 Å². The summed E-state index contributed by atoms with van der Waals surface area (Å²) in [6, 6.07) is 22.7. The van der Waals surface area contributed by atoms with Gasteiger partial charge in [-0.15, -0.1) is 0 Å². The number of benzene rings is 3. The Hall–Kier alpha value is -3.57. The number of nitrogens with one attached hydrogen (secondary N) is 3. The lowest BCUT2D eigenvalue weighted by Crippen LogP contribution is -2.18. The zero-order valence-electron chi connectivity index (χ0n) is 19.7. The molecule has 4 aromatic rings. The van der Waals surface area contributed by atoms with Crippen LogP contribution in [0.4, 0.5) is 0 Å². The molecule has 34 heavy (non-hydrogen) atoms. The molecule has 3 atom stereocenters. The summed E-state index contributed by atoms with van der Waals surface area (Å²) in [6.07, 6.45) is 7.56. The number of aromatic amines is 1. The molecule has 5 heteroatoms. The van der Waals surface area contributed by atoms with E-state index < -0.39 is 0 Å². The fourth-order valence-electron chi connectivity index (χ4n) is 5.57. The lowest BCUT2D eigenvalue weighted by molar-refractivity contribution is 0.445. The van der Waals surface area contributed by atoms with Crippen LogP contribution in [0.15, 0.2) is 73.1 Å². The predicted molar refractivity (Wildman–Crippen MR) is 140 cm³/mol. The van der Waals surface area contributed by atoms with Gasteiger partial charge in [0.2, 0.25) is 0 Å². The first-order chi connectivity index (χ1) is 16.6. The Morgan fingerprint density at radius 3 is 2.53 bits per heavy atom. The summed E-state index contributed by atoms with van der Waals surface area (Å²) in [5.41, 5.74) is 13.0. The number of fused-ring (bicyclic) bond motifs is 2. The van der Waals surface area contributed by atoms with Crippen molar-refractivity contribution in [2.24, 2.45) is 11.1 Å². The fourth-order valence-corrected chi connectivity index (χ4v) is 5.57. The molecule has 0 amide bonds. The Bertz CT molecular complexity index is 1380. The molecular formula is C29H31N5. The monoisotopic (exact) mass is 449 g/mol. The highest BCUT2D eigenvalue weighted by atomic mass is 15.1. The normalized spacial score (nSPS) is 23.8. The van der Waals surface area contributed by atoms with Gasteiger partial charge in [0.05, 0.1) is 23.6 Å². The van der Waals surface area contributed by atoms with E-state index in [0.29, 0.717) is 17.5 Å². The molecule has 2 fully saturated rings. The number of aromatic nitrogens is 2. The van der Waals surface area contributed by atoms with Crippen molar-refractivity contribution in [3.05, 3.63) is 84.4 Å². The third kappa shape index (κ3) is 3.57. The maximum atomic E-state index is 6.12. The van der Waals surface area contributed by atoms with Crippen LogP contribution in [0.2, 0.25) is 0 Å². The first kappa shape index (κ1) is 21.0. The summed E-state index contributed by atoms with van der Waals surface area (Å²) in [4.78, 5) is 8.27. The standard InChI is InChI=1S/C29H31N5/c1-3-29-14-25(33-27(29)15-29)28-32-17-26(34-28)19-6-4-18(5-7-19)20-8-9-22-13-23(24(30)16-31-2)11-10-21(22)12-20/h4-13,16-17,25,27,31,33H,3,14-15,30H2,1-2H3,(H,32,34)/b24-16-/t25-,27+,29-/m0/s1. The molecule has 172 valence electrons. The zero-order chi connectivity index (χ0) is 23.3. The van der Waals surface area contributed by atoms with Crippen molar-refractivity contribution < 1.29 is 0 Å². The van der Waals surface area contributed by atoms with E-state index >= 15 is 0 Å². The predicted octanol–water partition coefficient (Wildman–Crippen LogP) is 5.58. The van der Waals surface area contributed by atoms with Gasteiger partial charge in [-0.1, -0.05) is 55.5 Å². The van der Waals surface area contributed by atoms with Crippen molar-refractivity contribution in [2.75, 3.05) is 7.05 Å². The largest absolute Gasteiger partial charge is 0.397 e. The van der Waals surface area contributed by atoms with Crippen molar-refractivity contribution in [3.8, 4) is 22.4 Å². The number of imidazole rings is 1. The van der Waals surface area contributed by atoms with E-state index in [1.807, 2.05) is 19.4 Å². The third-order valence-electron chi connectivity index (χ3n) is 7.84. The van der Waals surface area contributed by atoms with Crippen molar-refractivity contribution in [3.63, 3.8) is 0 Å². The van der Waals surface area contributed by atoms with Crippen molar-refractivity contribution in [1.82, 2.24) is 20.6 Å². The van der Waals surface area contributed by atoms with Crippen LogP contribution in [0, 0.1) is 5.41 Å². The minimum absolute atomic E-state index is 0.355. The van der Waals surface area contributed by atoms with E-state index in [1.54, 1.807) is 0 Å². The Morgan fingerprint density at radius 1 is 1.03 bits per heavy atom. The number of hydrogen-bond donors (Lipinski definition) is 4. The molecule has 5 nitrogen and oxygen atoms in total. The third-order valence-corrected chi connectivity index (χ3v) is 7.84. The Kier molecular flexibility index (Phi) is 4.96. The average molecular weight is 450 g/mol. The van der Waals surface area contributed by atoms with Crippen LogP contribution in [0.3, 0.4) is 0 Å². The zero-order valence-corrected chi connectivity index (χ0v) is 19.7. The fraction of sp³-hybridized carbons (Fsp3) is 0.276. The summed E-state index contributed by atoms with van der Waals surface area (Å²) in [6.45, 7) is 2.31. The maximum absolute atomic E-state index is 6.12. The van der Waals surface area contributed by atoms with Gasteiger partial charge < -0.3 is 21.4 Å². The van der Waals surface area contributed by atoms with Crippen LogP contribution < -0.4 is 16.4 Å². The number of piperidine rings is 1. The van der Waals surface area contributed by atoms with Crippen LogP contribution >= 0.6 is 0 Å². The summed E-state index contributed by atoms with van der Waals surface area (Å²) >= 11 is 0. The van der Waals surface area contributed by atoms with Gasteiger partial charge in [-0.2, -0.15) is 0 Å². The van der Waals surface area contributed by atoms with Gasteiger partial charge in [0.1, 0.15) is 5.82 Å². The van der Waals surface area contributed by atoms with Crippen LogP contribution in [-0.4, -0.2) is 23.1 Å². The van der Waals surface area contributed by atoms with E-state index in [-0.39, 0.29) is 0 Å². The number of rotatable bonds is 6. The number of hydrogen-bond acceptors (Lipinski definition) is 4. The molecule has 2 aliphatic rings. The van der Waals surface area contributed by atoms with Crippen molar-refractivity contribution in [1.29, 1.82) is 0 Å². The summed E-state index contributed by atoms with van der Waals surface area (Å²) in [7, 11) is 1.85. The molecule has 2 heterocycles. The van der Waals surface area contributed by atoms with E-state index in [2.05, 4.69) is 83.2 Å². The molecular weight excluding hydrogens is 418 g/mol. The topological polar surface area (TPSA) is 78.8 Å². The molecule has 0 unspecified atom stereocenters. The van der Waals surface area contributed by atoms with Crippen LogP contribution in [-0.2, 0) is 0 Å². The van der Waals surface area contributed by atoms with Gasteiger partial charge in [0.15, 0.2) is 0 Å².